The van der Waals surface area contributed by atoms with Crippen LogP contribution in [0.2, 0.25) is 0 Å². The van der Waals surface area contributed by atoms with Gasteiger partial charge >= 0.3 is 0 Å². The van der Waals surface area contributed by atoms with Crippen LogP contribution in [0.15, 0.2) is 82.6 Å². The normalized spacial score (nSPS) is 14.3. The Hall–Kier alpha value is -3.27. The van der Waals surface area contributed by atoms with Crippen molar-refractivity contribution in [2.75, 3.05) is 30.2 Å². The number of hydrogen-bond acceptors (Lipinski definition) is 7. The number of thiocarbonyl (C=S) groups is 1. The molecule has 0 atom stereocenters. The third kappa shape index (κ3) is 6.05. The van der Waals surface area contributed by atoms with E-state index in [2.05, 4.69) is 5.32 Å². The van der Waals surface area contributed by atoms with Gasteiger partial charge in [-0.25, -0.2) is 0 Å². The van der Waals surface area contributed by atoms with Crippen LogP contribution < -0.4 is 19.7 Å². The Morgan fingerprint density at radius 2 is 1.89 bits per heavy atom. The molecule has 1 aliphatic rings. The van der Waals surface area contributed by atoms with Crippen LogP contribution >= 0.6 is 35.7 Å². The molecule has 0 radical (unpaired) electrons. The van der Waals surface area contributed by atoms with E-state index in [1.807, 2.05) is 48.7 Å². The van der Waals surface area contributed by atoms with Crippen molar-refractivity contribution in [3.8, 4) is 11.5 Å². The van der Waals surface area contributed by atoms with Crippen LogP contribution in [0, 0.1) is 0 Å². The van der Waals surface area contributed by atoms with Gasteiger partial charge in [-0.1, -0.05) is 54.3 Å². The van der Waals surface area contributed by atoms with E-state index in [4.69, 9.17) is 21.7 Å². The summed E-state index contributed by atoms with van der Waals surface area (Å²) in [5.41, 5.74) is 2.19. The van der Waals surface area contributed by atoms with E-state index in [9.17, 15) is 9.59 Å². The average Bonchev–Trinajstić information content (AvgIpc) is 3.16. The van der Waals surface area contributed by atoms with Gasteiger partial charge in [-0.15, -0.1) is 11.8 Å². The minimum atomic E-state index is -0.281. The van der Waals surface area contributed by atoms with Gasteiger partial charge in [0.05, 0.1) is 17.7 Å². The summed E-state index contributed by atoms with van der Waals surface area (Å²) < 4.78 is 11.6. The molecule has 9 heteroatoms. The highest BCUT2D eigenvalue weighted by Crippen LogP contribution is 2.38. The van der Waals surface area contributed by atoms with Gasteiger partial charge in [-0.3, -0.25) is 14.5 Å². The second-order valence-electron chi connectivity index (χ2n) is 7.33. The molecule has 0 saturated carbocycles. The Bertz CT molecular complexity index is 1290. The van der Waals surface area contributed by atoms with Crippen molar-refractivity contribution >= 4 is 69.3 Å². The molecule has 6 nitrogen and oxygen atoms in total. The summed E-state index contributed by atoms with van der Waals surface area (Å²) in [5.74, 6) is 0.426. The first-order chi connectivity index (χ1) is 17.0. The number of para-hydroxylation sites is 1. The Morgan fingerprint density at radius 3 is 2.63 bits per heavy atom. The fraction of sp³-hybridized carbons (Fsp3) is 0.115. The minimum absolute atomic E-state index is 0.168. The lowest BCUT2D eigenvalue weighted by Gasteiger charge is -2.15. The van der Waals surface area contributed by atoms with Crippen LogP contribution in [0.25, 0.3) is 6.08 Å². The molecule has 0 unspecified atom stereocenters. The third-order valence-electron chi connectivity index (χ3n) is 5.01. The number of ether oxygens (including phenoxy) is 2. The van der Waals surface area contributed by atoms with Gasteiger partial charge in [0.25, 0.3) is 11.8 Å². The van der Waals surface area contributed by atoms with E-state index >= 15 is 0 Å². The first-order valence-corrected chi connectivity index (χ1v) is 13.0. The summed E-state index contributed by atoms with van der Waals surface area (Å²) in [7, 11) is 1.52. The van der Waals surface area contributed by atoms with Crippen molar-refractivity contribution in [1.82, 2.24) is 0 Å². The lowest BCUT2D eigenvalue weighted by molar-refractivity contribution is -0.118. The maximum Gasteiger partial charge on any atom is 0.270 e. The Balaban J connectivity index is 1.46. The number of carbonyl (C=O) groups excluding carboxylic acids is 2. The molecular formula is C26H22N2O4S3. The van der Waals surface area contributed by atoms with Crippen LogP contribution in [0.5, 0.6) is 11.5 Å². The molecule has 0 bridgehead atoms. The number of nitrogens with one attached hydrogen (secondary N) is 1. The first-order valence-electron chi connectivity index (χ1n) is 10.6. The summed E-state index contributed by atoms with van der Waals surface area (Å²) in [5, 5.41) is 2.77. The lowest BCUT2D eigenvalue weighted by atomic mass is 10.2. The average molecular weight is 523 g/mol. The van der Waals surface area contributed by atoms with Crippen LogP contribution in [0.3, 0.4) is 0 Å². The molecule has 3 aromatic carbocycles. The SMILES string of the molecule is COc1cc(/C=C2\SC(=S)N(c3cccc(SC)c3)C2=O)ccc1OCC(=O)Nc1ccccc1. The Morgan fingerprint density at radius 1 is 1.09 bits per heavy atom. The number of anilines is 2. The second kappa shape index (κ2) is 11.4. The van der Waals surface area contributed by atoms with Crippen molar-refractivity contribution in [3.05, 3.63) is 83.3 Å². The largest absolute Gasteiger partial charge is 0.493 e. The lowest BCUT2D eigenvalue weighted by Crippen LogP contribution is -2.27. The van der Waals surface area contributed by atoms with E-state index in [1.54, 1.807) is 53.1 Å². The Labute approximate surface area is 217 Å². The maximum absolute atomic E-state index is 13.1. The number of benzene rings is 3. The zero-order chi connectivity index (χ0) is 24.8. The predicted octanol–water partition coefficient (Wildman–Crippen LogP) is 5.84. The van der Waals surface area contributed by atoms with Gasteiger partial charge in [0, 0.05) is 10.6 Å². The van der Waals surface area contributed by atoms with Crippen molar-refractivity contribution in [3.63, 3.8) is 0 Å². The zero-order valence-electron chi connectivity index (χ0n) is 19.0. The van der Waals surface area contributed by atoms with E-state index < -0.39 is 0 Å². The molecule has 35 heavy (non-hydrogen) atoms. The van der Waals surface area contributed by atoms with E-state index in [-0.39, 0.29) is 18.4 Å². The van der Waals surface area contributed by atoms with E-state index in [0.717, 1.165) is 16.1 Å². The third-order valence-corrected chi connectivity index (χ3v) is 7.03. The summed E-state index contributed by atoms with van der Waals surface area (Å²) in [6, 6.07) is 22.1. The number of rotatable bonds is 8. The molecule has 1 fully saturated rings. The smallest absolute Gasteiger partial charge is 0.270 e. The highest BCUT2D eigenvalue weighted by atomic mass is 32.2. The van der Waals surface area contributed by atoms with Crippen LogP contribution in [0.1, 0.15) is 5.56 Å². The van der Waals surface area contributed by atoms with Gasteiger partial charge in [-0.2, -0.15) is 0 Å². The number of hydrogen-bond donors (Lipinski definition) is 1. The van der Waals surface area contributed by atoms with Crippen molar-refractivity contribution in [2.24, 2.45) is 0 Å². The highest BCUT2D eigenvalue weighted by molar-refractivity contribution is 8.27. The molecule has 0 aromatic heterocycles. The predicted molar refractivity (Wildman–Crippen MR) is 147 cm³/mol. The van der Waals surface area contributed by atoms with Crippen LogP contribution in [-0.2, 0) is 9.59 Å². The summed E-state index contributed by atoms with van der Waals surface area (Å²) in [6.07, 6.45) is 3.76. The molecule has 1 heterocycles. The molecule has 0 spiro atoms. The van der Waals surface area contributed by atoms with Gasteiger partial charge in [-0.05, 0) is 60.4 Å². The molecule has 4 rings (SSSR count). The summed E-state index contributed by atoms with van der Waals surface area (Å²) in [6.45, 7) is -0.168. The van der Waals surface area contributed by atoms with Gasteiger partial charge in [0.2, 0.25) is 0 Å². The highest BCUT2D eigenvalue weighted by Gasteiger charge is 2.33. The fourth-order valence-corrected chi connectivity index (χ4v) is 5.10. The van der Waals surface area contributed by atoms with Crippen molar-refractivity contribution in [1.29, 1.82) is 0 Å². The summed E-state index contributed by atoms with van der Waals surface area (Å²) in [4.78, 5) is 28.4. The molecular weight excluding hydrogens is 500 g/mol. The molecule has 3 aromatic rings. The van der Waals surface area contributed by atoms with E-state index in [0.29, 0.717) is 26.4 Å². The zero-order valence-corrected chi connectivity index (χ0v) is 21.5. The summed E-state index contributed by atoms with van der Waals surface area (Å²) >= 11 is 8.35. The number of methoxy groups -OCH3 is 1. The van der Waals surface area contributed by atoms with Gasteiger partial charge in [0.15, 0.2) is 22.4 Å². The molecule has 0 aliphatic carbocycles. The van der Waals surface area contributed by atoms with Gasteiger partial charge < -0.3 is 14.8 Å². The fourth-order valence-electron chi connectivity index (χ4n) is 3.35. The molecule has 2 amide bonds. The Kier molecular flexibility index (Phi) is 8.12. The standard InChI is InChI=1S/C26H22N2O4S3/c1-31-22-13-17(11-12-21(22)32-16-24(29)27-18-7-4-3-5-8-18)14-23-25(30)28(26(33)35-23)19-9-6-10-20(15-19)34-2/h3-15H,16H2,1-2H3,(H,27,29)/b23-14-. The van der Waals surface area contributed by atoms with Crippen molar-refractivity contribution < 1.29 is 19.1 Å². The molecule has 1 saturated heterocycles. The monoisotopic (exact) mass is 522 g/mol. The van der Waals surface area contributed by atoms with Crippen LogP contribution in [-0.4, -0.2) is 36.1 Å². The number of nitrogens with zero attached hydrogens (tertiary/aromatic N) is 1. The quantitative estimate of drug-likeness (QED) is 0.226. The number of thioether (sulfide) groups is 2. The molecule has 178 valence electrons. The topological polar surface area (TPSA) is 67.9 Å². The van der Waals surface area contributed by atoms with E-state index in [1.165, 1.54) is 18.9 Å². The maximum atomic E-state index is 13.1. The van der Waals surface area contributed by atoms with Crippen LogP contribution in [0.4, 0.5) is 11.4 Å². The van der Waals surface area contributed by atoms with Crippen molar-refractivity contribution in [2.45, 2.75) is 4.90 Å². The molecule has 1 N–H and O–H groups in total. The number of carbonyl (C=O) groups is 2. The van der Waals surface area contributed by atoms with Gasteiger partial charge in [0.1, 0.15) is 0 Å². The second-order valence-corrected chi connectivity index (χ2v) is 9.89. The number of amides is 2. The first kappa shape index (κ1) is 24.8. The molecule has 1 aliphatic heterocycles. The minimum Gasteiger partial charge on any atom is -0.493 e.